The number of hydrogen-bond donors (Lipinski definition) is 0. The topological polar surface area (TPSA) is 40.6 Å². The first-order valence-corrected chi connectivity index (χ1v) is 12.5. The number of ketones is 1. The Balaban J connectivity index is 0.000000299. The fourth-order valence-corrected chi connectivity index (χ4v) is 4.80. The molecule has 0 spiro atoms. The Hall–Kier alpha value is -0.900. The van der Waals surface area contributed by atoms with E-state index in [0.29, 0.717) is 11.7 Å². The molecule has 0 aromatic heterocycles. The molecular weight excluding hydrogens is 360 g/mol. The van der Waals surface area contributed by atoms with Gasteiger partial charge in [0.05, 0.1) is 0 Å². The molecule has 3 rings (SSSR count). The maximum atomic E-state index is 10.9. The van der Waals surface area contributed by atoms with Crippen LogP contribution >= 0.6 is 0 Å². The zero-order valence-electron chi connectivity index (χ0n) is 19.8. The number of nitrogens with zero attached hydrogens (tertiary/aromatic N) is 2. The molecule has 0 aromatic carbocycles. The van der Waals surface area contributed by atoms with Crippen molar-refractivity contribution in [2.75, 3.05) is 32.7 Å². The van der Waals surface area contributed by atoms with Crippen LogP contribution in [0.25, 0.3) is 0 Å². The molecule has 2 heterocycles. The van der Waals surface area contributed by atoms with Crippen molar-refractivity contribution >= 4 is 12.2 Å². The maximum Gasteiger partial charge on any atom is 0.209 e. The minimum Gasteiger partial charge on any atom is -0.345 e. The molecule has 2 saturated heterocycles. The molecule has 0 bridgehead atoms. The van der Waals surface area contributed by atoms with Gasteiger partial charge < -0.3 is 9.80 Å². The van der Waals surface area contributed by atoms with E-state index in [1.54, 1.807) is 6.92 Å². The third kappa shape index (κ3) is 11.2. The van der Waals surface area contributed by atoms with E-state index < -0.39 is 0 Å². The van der Waals surface area contributed by atoms with Crippen LogP contribution in [0.2, 0.25) is 0 Å². The fourth-order valence-electron chi connectivity index (χ4n) is 4.80. The molecule has 0 atom stereocenters. The van der Waals surface area contributed by atoms with Crippen molar-refractivity contribution in [3.05, 3.63) is 0 Å². The SMILES string of the molecule is CC.CC(=O)C1CCC(C)CC1.O=CN1CCC(CCCN2CCCCC2)CC1. The van der Waals surface area contributed by atoms with Crippen LogP contribution in [0.3, 0.4) is 0 Å². The highest BCUT2D eigenvalue weighted by Crippen LogP contribution is 2.28. The second kappa shape index (κ2) is 15.9. The van der Waals surface area contributed by atoms with Crippen LogP contribution < -0.4 is 0 Å². The lowest BCUT2D eigenvalue weighted by atomic mass is 9.81. The van der Waals surface area contributed by atoms with Crippen LogP contribution in [0.4, 0.5) is 0 Å². The Bertz CT molecular complexity index is 419. The zero-order chi connectivity index (χ0) is 21.5. The van der Waals surface area contributed by atoms with Crippen LogP contribution in [-0.4, -0.2) is 54.7 Å². The molecule has 0 unspecified atom stereocenters. The molecule has 3 aliphatic rings. The minimum absolute atomic E-state index is 0.395. The van der Waals surface area contributed by atoms with Gasteiger partial charge in [0.15, 0.2) is 0 Å². The predicted molar refractivity (Wildman–Crippen MR) is 123 cm³/mol. The van der Waals surface area contributed by atoms with Crippen molar-refractivity contribution in [2.45, 2.75) is 98.3 Å². The lowest BCUT2D eigenvalue weighted by molar-refractivity contribution is -0.122. The van der Waals surface area contributed by atoms with Gasteiger partial charge in [-0.15, -0.1) is 0 Å². The van der Waals surface area contributed by atoms with E-state index in [0.717, 1.165) is 44.2 Å². The average Bonchev–Trinajstić information content (AvgIpc) is 2.77. The first-order chi connectivity index (χ1) is 14.1. The molecule has 0 radical (unpaired) electrons. The summed E-state index contributed by atoms with van der Waals surface area (Å²) in [6.07, 6.45) is 15.2. The summed E-state index contributed by atoms with van der Waals surface area (Å²) < 4.78 is 0. The summed E-state index contributed by atoms with van der Waals surface area (Å²) in [7, 11) is 0. The largest absolute Gasteiger partial charge is 0.345 e. The Morgan fingerprint density at radius 2 is 1.48 bits per heavy atom. The number of carbonyl (C=O) groups is 2. The number of amides is 1. The number of Topliss-reactive ketones (excluding diaryl/α,β-unsaturated/α-hetero) is 1. The monoisotopic (exact) mass is 408 g/mol. The molecule has 0 N–H and O–H groups in total. The van der Waals surface area contributed by atoms with Gasteiger partial charge in [-0.25, -0.2) is 0 Å². The van der Waals surface area contributed by atoms with Gasteiger partial charge in [-0.3, -0.25) is 9.59 Å². The van der Waals surface area contributed by atoms with Crippen molar-refractivity contribution in [1.82, 2.24) is 9.80 Å². The van der Waals surface area contributed by atoms with Gasteiger partial charge in [0.2, 0.25) is 6.41 Å². The second-order valence-corrected chi connectivity index (χ2v) is 9.20. The van der Waals surface area contributed by atoms with E-state index in [4.69, 9.17) is 0 Å². The molecule has 170 valence electrons. The molecule has 1 saturated carbocycles. The quantitative estimate of drug-likeness (QED) is 0.541. The molecule has 4 heteroatoms. The molecule has 1 aliphatic carbocycles. The predicted octanol–water partition coefficient (Wildman–Crippen LogP) is 5.55. The van der Waals surface area contributed by atoms with Crippen molar-refractivity contribution in [2.24, 2.45) is 17.8 Å². The van der Waals surface area contributed by atoms with E-state index in [2.05, 4.69) is 11.8 Å². The molecule has 1 amide bonds. The second-order valence-electron chi connectivity index (χ2n) is 9.20. The van der Waals surface area contributed by atoms with E-state index in [1.165, 1.54) is 77.4 Å². The summed E-state index contributed by atoms with van der Waals surface area (Å²) in [4.78, 5) is 26.1. The number of carbonyl (C=O) groups excluding carboxylic acids is 2. The van der Waals surface area contributed by atoms with Gasteiger partial charge in [-0.1, -0.05) is 40.0 Å². The van der Waals surface area contributed by atoms with Crippen molar-refractivity contribution < 1.29 is 9.59 Å². The zero-order valence-corrected chi connectivity index (χ0v) is 19.8. The highest BCUT2D eigenvalue weighted by atomic mass is 16.1. The van der Waals surface area contributed by atoms with E-state index >= 15 is 0 Å². The van der Waals surface area contributed by atoms with E-state index in [1.807, 2.05) is 18.7 Å². The summed E-state index contributed by atoms with van der Waals surface area (Å²) in [6, 6.07) is 0. The van der Waals surface area contributed by atoms with Crippen LogP contribution in [0.1, 0.15) is 98.3 Å². The highest BCUT2D eigenvalue weighted by molar-refractivity contribution is 5.78. The van der Waals surface area contributed by atoms with Gasteiger partial charge in [0.1, 0.15) is 5.78 Å². The van der Waals surface area contributed by atoms with Crippen LogP contribution in [0, 0.1) is 17.8 Å². The van der Waals surface area contributed by atoms with Crippen molar-refractivity contribution in [1.29, 1.82) is 0 Å². The summed E-state index contributed by atoms with van der Waals surface area (Å²) in [6.45, 7) is 13.9. The van der Waals surface area contributed by atoms with Crippen molar-refractivity contribution in [3.63, 3.8) is 0 Å². The van der Waals surface area contributed by atoms with Gasteiger partial charge in [0, 0.05) is 19.0 Å². The lowest BCUT2D eigenvalue weighted by Gasteiger charge is -2.30. The molecule has 0 aromatic rings. The molecule has 29 heavy (non-hydrogen) atoms. The fraction of sp³-hybridized carbons (Fsp3) is 0.920. The summed E-state index contributed by atoms with van der Waals surface area (Å²) in [5.74, 6) is 2.52. The summed E-state index contributed by atoms with van der Waals surface area (Å²) in [5, 5.41) is 0. The Morgan fingerprint density at radius 3 is 2.00 bits per heavy atom. The van der Waals surface area contributed by atoms with E-state index in [9.17, 15) is 9.59 Å². The van der Waals surface area contributed by atoms with Gasteiger partial charge in [-0.05, 0) is 89.8 Å². The first-order valence-electron chi connectivity index (χ1n) is 12.5. The third-order valence-corrected chi connectivity index (χ3v) is 6.92. The van der Waals surface area contributed by atoms with Gasteiger partial charge in [-0.2, -0.15) is 0 Å². The number of rotatable bonds is 6. The standard InChI is InChI=1S/C14H26N2O.C9H16O.C2H6/c17-13-16-11-6-14(7-12-16)5-4-10-15-8-2-1-3-9-15;1-7-3-5-9(6-4-7)8(2)10;1-2/h13-14H,1-12H2;7,9H,3-6H2,1-2H3;1-2H3. The first kappa shape index (κ1) is 26.1. The molecule has 4 nitrogen and oxygen atoms in total. The Morgan fingerprint density at radius 1 is 0.897 bits per heavy atom. The highest BCUT2D eigenvalue weighted by Gasteiger charge is 2.21. The Labute approximate surface area is 180 Å². The minimum atomic E-state index is 0.395. The normalized spacial score (nSPS) is 25.9. The summed E-state index contributed by atoms with van der Waals surface area (Å²) in [5.41, 5.74) is 0. The number of likely N-dealkylation sites (tertiary alicyclic amines) is 2. The van der Waals surface area contributed by atoms with Crippen LogP contribution in [-0.2, 0) is 9.59 Å². The molecular formula is C25H48N2O2. The third-order valence-electron chi connectivity index (χ3n) is 6.92. The number of hydrogen-bond acceptors (Lipinski definition) is 3. The lowest BCUT2D eigenvalue weighted by Crippen LogP contribution is -2.33. The van der Waals surface area contributed by atoms with Crippen molar-refractivity contribution in [3.8, 4) is 0 Å². The smallest absolute Gasteiger partial charge is 0.209 e. The van der Waals surface area contributed by atoms with Crippen LogP contribution in [0.15, 0.2) is 0 Å². The van der Waals surface area contributed by atoms with Crippen LogP contribution in [0.5, 0.6) is 0 Å². The summed E-state index contributed by atoms with van der Waals surface area (Å²) >= 11 is 0. The average molecular weight is 409 g/mol. The molecule has 3 fully saturated rings. The maximum absolute atomic E-state index is 10.9. The van der Waals surface area contributed by atoms with Gasteiger partial charge in [0.25, 0.3) is 0 Å². The van der Waals surface area contributed by atoms with Gasteiger partial charge >= 0.3 is 0 Å². The van der Waals surface area contributed by atoms with E-state index in [-0.39, 0.29) is 0 Å². The Kier molecular flexibility index (Phi) is 14.3. The molecule has 2 aliphatic heterocycles. The number of piperidine rings is 2.